The summed E-state index contributed by atoms with van der Waals surface area (Å²) >= 11 is 0. The number of imidazole rings is 1. The Morgan fingerprint density at radius 2 is 2.03 bits per heavy atom. The van der Waals surface area contributed by atoms with Crippen molar-refractivity contribution in [2.75, 3.05) is 12.9 Å². The topological polar surface area (TPSA) is 82.8 Å². The van der Waals surface area contributed by atoms with Crippen molar-refractivity contribution in [1.82, 2.24) is 14.4 Å². The molecule has 35 heavy (non-hydrogen) atoms. The lowest BCUT2D eigenvalue weighted by Gasteiger charge is -2.25. The molecule has 182 valence electrons. The quantitative estimate of drug-likeness (QED) is 0.389. The Bertz CT molecular complexity index is 1500. The van der Waals surface area contributed by atoms with E-state index in [1.165, 1.54) is 24.4 Å². The number of sulfone groups is 1. The molecule has 0 unspecified atom stereocenters. The van der Waals surface area contributed by atoms with Gasteiger partial charge in [0.25, 0.3) is 0 Å². The molecule has 0 saturated carbocycles. The van der Waals surface area contributed by atoms with Gasteiger partial charge in [-0.1, -0.05) is 24.3 Å². The van der Waals surface area contributed by atoms with Gasteiger partial charge in [-0.15, -0.1) is 0 Å². The maximum Gasteiger partial charge on any atom is 0.387 e. The first-order valence-electron chi connectivity index (χ1n) is 10.7. The fraction of sp³-hybridized carbons (Fsp3) is 0.250. The van der Waals surface area contributed by atoms with Gasteiger partial charge in [-0.2, -0.15) is 8.78 Å². The number of fused-ring (bicyclic) bond motifs is 3. The van der Waals surface area contributed by atoms with E-state index in [1.807, 2.05) is 0 Å². The second kappa shape index (κ2) is 8.97. The molecule has 0 radical (unpaired) electrons. The van der Waals surface area contributed by atoms with Crippen molar-refractivity contribution in [2.45, 2.75) is 24.9 Å². The second-order valence-corrected chi connectivity index (χ2v) is 10.4. The van der Waals surface area contributed by atoms with Crippen LogP contribution in [0.25, 0.3) is 16.8 Å². The number of ether oxygens (including phenoxy) is 2. The zero-order valence-corrected chi connectivity index (χ0v) is 19.3. The summed E-state index contributed by atoms with van der Waals surface area (Å²) in [6.45, 7) is -2.69. The SMILES string of the molecule is CS(=O)(=O)Cc1ccc(-c2cn3c4c(nc3cc2F)CCO[C@@H]4c2ccccc2OC(F)F)cn1. The molecule has 0 fully saturated rings. The van der Waals surface area contributed by atoms with Crippen molar-refractivity contribution in [3.63, 3.8) is 0 Å². The molecule has 0 saturated heterocycles. The van der Waals surface area contributed by atoms with Crippen LogP contribution in [0.1, 0.15) is 28.7 Å². The number of para-hydroxylation sites is 1. The van der Waals surface area contributed by atoms with E-state index in [2.05, 4.69) is 9.97 Å². The number of pyridine rings is 2. The summed E-state index contributed by atoms with van der Waals surface area (Å²) in [5, 5.41) is 0. The van der Waals surface area contributed by atoms with Gasteiger partial charge >= 0.3 is 6.61 Å². The van der Waals surface area contributed by atoms with E-state index in [0.29, 0.717) is 46.9 Å². The molecule has 0 amide bonds. The number of benzene rings is 1. The van der Waals surface area contributed by atoms with Crippen LogP contribution in [-0.2, 0) is 26.7 Å². The standard InChI is InChI=1S/C24H20F3N3O4S/c1-35(31,32)13-15-7-6-14(11-28-15)17-12-30-21(10-18(17)25)29-19-8-9-33-23(22(19)30)16-4-2-3-5-20(16)34-24(26)27/h2-7,10-12,23-24H,8-9,13H2,1H3/t23-/m1/s1. The van der Waals surface area contributed by atoms with Gasteiger partial charge in [0, 0.05) is 47.8 Å². The third-order valence-electron chi connectivity index (χ3n) is 5.66. The minimum Gasteiger partial charge on any atom is -0.434 e. The Morgan fingerprint density at radius 3 is 2.74 bits per heavy atom. The molecule has 7 nitrogen and oxygen atoms in total. The molecule has 1 atom stereocenters. The minimum absolute atomic E-state index is 0.0108. The summed E-state index contributed by atoms with van der Waals surface area (Å²) in [6, 6.07) is 10.8. The molecular weight excluding hydrogens is 483 g/mol. The first kappa shape index (κ1) is 23.3. The Morgan fingerprint density at radius 1 is 1.23 bits per heavy atom. The van der Waals surface area contributed by atoms with Crippen LogP contribution in [0.3, 0.4) is 0 Å². The maximum absolute atomic E-state index is 15.1. The van der Waals surface area contributed by atoms with Crippen LogP contribution in [-0.4, -0.2) is 42.3 Å². The maximum atomic E-state index is 15.1. The van der Waals surface area contributed by atoms with Crippen molar-refractivity contribution in [2.24, 2.45) is 0 Å². The summed E-state index contributed by atoms with van der Waals surface area (Å²) in [6.07, 6.45) is 3.80. The molecule has 0 aliphatic carbocycles. The number of halogens is 3. The van der Waals surface area contributed by atoms with Gasteiger partial charge in [0.1, 0.15) is 23.3 Å². The molecule has 0 bridgehead atoms. The second-order valence-electron chi connectivity index (χ2n) is 8.23. The largest absolute Gasteiger partial charge is 0.434 e. The van der Waals surface area contributed by atoms with Crippen molar-refractivity contribution in [1.29, 1.82) is 0 Å². The van der Waals surface area contributed by atoms with Gasteiger partial charge < -0.3 is 9.47 Å². The van der Waals surface area contributed by atoms with Crippen LogP contribution >= 0.6 is 0 Å². The Balaban J connectivity index is 1.60. The van der Waals surface area contributed by atoms with E-state index in [0.717, 1.165) is 6.26 Å². The molecule has 5 rings (SSSR count). The molecule has 4 heterocycles. The minimum atomic E-state index is -3.26. The van der Waals surface area contributed by atoms with Crippen LogP contribution < -0.4 is 4.74 Å². The van der Waals surface area contributed by atoms with Gasteiger partial charge in [0.15, 0.2) is 9.84 Å². The average molecular weight is 504 g/mol. The van der Waals surface area contributed by atoms with E-state index in [1.54, 1.807) is 34.9 Å². The fourth-order valence-corrected chi connectivity index (χ4v) is 4.94. The number of aromatic nitrogens is 3. The Kier molecular flexibility index (Phi) is 5.97. The predicted octanol–water partition coefficient (Wildman–Crippen LogP) is 4.34. The van der Waals surface area contributed by atoms with Gasteiger partial charge in [-0.3, -0.25) is 9.38 Å². The van der Waals surface area contributed by atoms with E-state index in [9.17, 15) is 17.2 Å². The number of hydrogen-bond acceptors (Lipinski definition) is 6. The molecule has 3 aromatic heterocycles. The number of rotatable bonds is 6. The third-order valence-corrected chi connectivity index (χ3v) is 6.48. The van der Waals surface area contributed by atoms with Crippen LogP contribution in [0.4, 0.5) is 13.2 Å². The van der Waals surface area contributed by atoms with Crippen LogP contribution in [0.2, 0.25) is 0 Å². The highest BCUT2D eigenvalue weighted by Crippen LogP contribution is 2.39. The molecule has 0 spiro atoms. The Labute approximate surface area is 199 Å². The highest BCUT2D eigenvalue weighted by molar-refractivity contribution is 7.89. The van der Waals surface area contributed by atoms with E-state index < -0.39 is 28.4 Å². The van der Waals surface area contributed by atoms with Gasteiger partial charge in [0.2, 0.25) is 0 Å². The first-order valence-corrected chi connectivity index (χ1v) is 12.7. The molecular formula is C24H20F3N3O4S. The number of nitrogens with zero attached hydrogens (tertiary/aromatic N) is 3. The number of hydrogen-bond donors (Lipinski definition) is 0. The van der Waals surface area contributed by atoms with Crippen LogP contribution in [0, 0.1) is 5.82 Å². The molecule has 11 heteroatoms. The van der Waals surface area contributed by atoms with Crippen LogP contribution in [0.15, 0.2) is 54.9 Å². The molecule has 0 N–H and O–H groups in total. The van der Waals surface area contributed by atoms with Gasteiger partial charge in [0.05, 0.1) is 29.4 Å². The summed E-state index contributed by atoms with van der Waals surface area (Å²) in [5.41, 5.74) is 3.04. The summed E-state index contributed by atoms with van der Waals surface area (Å²) in [7, 11) is -3.26. The smallest absolute Gasteiger partial charge is 0.387 e. The zero-order valence-electron chi connectivity index (χ0n) is 18.5. The fourth-order valence-electron chi connectivity index (χ4n) is 4.23. The van der Waals surface area contributed by atoms with Crippen LogP contribution in [0.5, 0.6) is 5.75 Å². The molecule has 4 aromatic rings. The third kappa shape index (κ3) is 4.73. The van der Waals surface area contributed by atoms with E-state index in [4.69, 9.17) is 9.47 Å². The summed E-state index contributed by atoms with van der Waals surface area (Å²) < 4.78 is 76.5. The van der Waals surface area contributed by atoms with Crippen molar-refractivity contribution < 1.29 is 31.1 Å². The van der Waals surface area contributed by atoms with E-state index >= 15 is 4.39 Å². The average Bonchev–Trinajstić information content (AvgIpc) is 3.15. The monoisotopic (exact) mass is 503 g/mol. The predicted molar refractivity (Wildman–Crippen MR) is 122 cm³/mol. The molecule has 1 aromatic carbocycles. The Hall–Kier alpha value is -3.44. The lowest BCUT2D eigenvalue weighted by molar-refractivity contribution is -0.0522. The van der Waals surface area contributed by atoms with Gasteiger partial charge in [-0.05, 0) is 12.1 Å². The first-order chi connectivity index (χ1) is 16.7. The van der Waals surface area contributed by atoms with Crippen molar-refractivity contribution in [3.05, 3.63) is 83.3 Å². The normalized spacial score (nSPS) is 16.0. The summed E-state index contributed by atoms with van der Waals surface area (Å²) in [5.74, 6) is -0.761. The number of alkyl halides is 2. The van der Waals surface area contributed by atoms with Gasteiger partial charge in [-0.25, -0.2) is 17.8 Å². The zero-order chi connectivity index (χ0) is 24.7. The summed E-state index contributed by atoms with van der Waals surface area (Å²) in [4.78, 5) is 8.70. The molecule has 1 aliphatic rings. The van der Waals surface area contributed by atoms with Crippen molar-refractivity contribution >= 4 is 15.5 Å². The van der Waals surface area contributed by atoms with Crippen molar-refractivity contribution in [3.8, 4) is 16.9 Å². The molecule has 1 aliphatic heterocycles. The lowest BCUT2D eigenvalue weighted by Crippen LogP contribution is -2.20. The highest BCUT2D eigenvalue weighted by Gasteiger charge is 2.31. The highest BCUT2D eigenvalue weighted by atomic mass is 32.2. The lowest BCUT2D eigenvalue weighted by atomic mass is 10.0. The van der Waals surface area contributed by atoms with E-state index in [-0.39, 0.29) is 17.1 Å².